The molecule has 150 valence electrons. The summed E-state index contributed by atoms with van der Waals surface area (Å²) in [4.78, 5) is 22.4. The van der Waals surface area contributed by atoms with Crippen LogP contribution in [0.4, 0.5) is 0 Å². The molecule has 0 aliphatic carbocycles. The first-order valence-electron chi connectivity index (χ1n) is 10.0. The monoisotopic (exact) mass is 382 g/mol. The molecule has 0 aliphatic heterocycles. The Kier molecular flexibility index (Phi) is 8.24. The van der Waals surface area contributed by atoms with Gasteiger partial charge in [0.15, 0.2) is 0 Å². The summed E-state index contributed by atoms with van der Waals surface area (Å²) in [7, 11) is 0. The Morgan fingerprint density at radius 1 is 0.786 bits per heavy atom. The van der Waals surface area contributed by atoms with E-state index in [2.05, 4.69) is 13.8 Å². The van der Waals surface area contributed by atoms with Crippen molar-refractivity contribution < 1.29 is 19.1 Å². The highest BCUT2D eigenvalue weighted by Crippen LogP contribution is 2.38. The Labute approximate surface area is 167 Å². The van der Waals surface area contributed by atoms with Crippen molar-refractivity contribution in [1.29, 1.82) is 0 Å². The van der Waals surface area contributed by atoms with Gasteiger partial charge in [0.2, 0.25) is 0 Å². The Morgan fingerprint density at radius 2 is 1.21 bits per heavy atom. The van der Waals surface area contributed by atoms with Crippen LogP contribution in [0.5, 0.6) is 11.5 Å². The molecule has 0 aliphatic rings. The van der Waals surface area contributed by atoms with Crippen molar-refractivity contribution in [3.63, 3.8) is 0 Å². The highest BCUT2D eigenvalue weighted by Gasteiger charge is 2.23. The number of unbranched alkanes of at least 4 members (excludes halogenated alkanes) is 1. The van der Waals surface area contributed by atoms with Gasteiger partial charge in [0.25, 0.3) is 0 Å². The third kappa shape index (κ3) is 6.22. The second-order valence-electron chi connectivity index (χ2n) is 7.11. The van der Waals surface area contributed by atoms with Crippen molar-refractivity contribution in [1.82, 2.24) is 0 Å². The third-order valence-corrected chi connectivity index (χ3v) is 4.93. The van der Waals surface area contributed by atoms with Gasteiger partial charge in [-0.2, -0.15) is 0 Å². The predicted molar refractivity (Wildman–Crippen MR) is 111 cm³/mol. The Morgan fingerprint density at radius 3 is 1.54 bits per heavy atom. The summed E-state index contributed by atoms with van der Waals surface area (Å²) in [5, 5.41) is 0. The van der Waals surface area contributed by atoms with Crippen LogP contribution >= 0.6 is 0 Å². The smallest absolute Gasteiger partial charge is 0.308 e. The van der Waals surface area contributed by atoms with Crippen LogP contribution in [0.1, 0.15) is 70.4 Å². The lowest BCUT2D eigenvalue weighted by atomic mass is 9.77. The van der Waals surface area contributed by atoms with Crippen LogP contribution in [-0.2, 0) is 9.59 Å². The maximum Gasteiger partial charge on any atom is 0.308 e. The Bertz CT molecular complexity index is 703. The van der Waals surface area contributed by atoms with Crippen molar-refractivity contribution in [3.8, 4) is 11.5 Å². The van der Waals surface area contributed by atoms with Gasteiger partial charge in [-0.15, -0.1) is 0 Å². The van der Waals surface area contributed by atoms with Gasteiger partial charge >= 0.3 is 11.9 Å². The third-order valence-electron chi connectivity index (χ3n) is 4.93. The summed E-state index contributed by atoms with van der Waals surface area (Å²) in [6.07, 6.45) is 4.57. The summed E-state index contributed by atoms with van der Waals surface area (Å²) in [6, 6.07) is 15.6. The zero-order valence-corrected chi connectivity index (χ0v) is 17.2. The van der Waals surface area contributed by atoms with E-state index < -0.39 is 0 Å². The number of hydrogen-bond acceptors (Lipinski definition) is 4. The van der Waals surface area contributed by atoms with Gasteiger partial charge in [0, 0.05) is 19.8 Å². The highest BCUT2D eigenvalue weighted by molar-refractivity contribution is 5.69. The highest BCUT2D eigenvalue weighted by atomic mass is 16.5. The molecular formula is C24H30O4. The maximum absolute atomic E-state index is 11.2. The number of benzene rings is 2. The van der Waals surface area contributed by atoms with Crippen molar-refractivity contribution in [3.05, 3.63) is 59.7 Å². The first kappa shape index (κ1) is 21.7. The summed E-state index contributed by atoms with van der Waals surface area (Å²) in [5.74, 6) is 1.21. The average Bonchev–Trinajstić information content (AvgIpc) is 2.66. The van der Waals surface area contributed by atoms with Crippen LogP contribution < -0.4 is 9.47 Å². The van der Waals surface area contributed by atoms with Gasteiger partial charge in [-0.05, 0) is 47.7 Å². The number of rotatable bonds is 9. The molecule has 28 heavy (non-hydrogen) atoms. The second-order valence-corrected chi connectivity index (χ2v) is 7.11. The van der Waals surface area contributed by atoms with Gasteiger partial charge in [-0.1, -0.05) is 57.4 Å². The number of esters is 2. The van der Waals surface area contributed by atoms with Crippen LogP contribution in [-0.4, -0.2) is 11.9 Å². The first-order chi connectivity index (χ1) is 13.4. The van der Waals surface area contributed by atoms with Crippen LogP contribution in [0.2, 0.25) is 0 Å². The lowest BCUT2D eigenvalue weighted by Gasteiger charge is -2.28. The minimum absolute atomic E-state index is 0.231. The molecule has 2 rings (SSSR count). The van der Waals surface area contributed by atoms with E-state index in [9.17, 15) is 9.59 Å². The van der Waals surface area contributed by atoms with Gasteiger partial charge in [0.1, 0.15) is 11.5 Å². The number of hydrogen-bond donors (Lipinski definition) is 0. The van der Waals surface area contributed by atoms with Gasteiger partial charge in [-0.3, -0.25) is 9.59 Å². The molecule has 0 spiro atoms. The molecule has 0 fully saturated rings. The summed E-state index contributed by atoms with van der Waals surface area (Å²) >= 11 is 0. The molecule has 4 heteroatoms. The fraction of sp³-hybridized carbons (Fsp3) is 0.417. The number of ether oxygens (including phenoxy) is 2. The van der Waals surface area contributed by atoms with Crippen molar-refractivity contribution in [2.75, 3.05) is 0 Å². The SMILES string of the molecule is CCCCC(CC)C(c1ccc(OC(C)=O)cc1)c1ccc(OC(C)=O)cc1. The van der Waals surface area contributed by atoms with Crippen molar-refractivity contribution in [2.24, 2.45) is 5.92 Å². The largest absolute Gasteiger partial charge is 0.427 e. The quantitative estimate of drug-likeness (QED) is 0.401. The summed E-state index contributed by atoms with van der Waals surface area (Å²) in [5.41, 5.74) is 2.39. The van der Waals surface area contributed by atoms with Crippen LogP contribution in [0, 0.1) is 5.92 Å². The van der Waals surface area contributed by atoms with E-state index in [0.717, 1.165) is 12.8 Å². The van der Waals surface area contributed by atoms with E-state index in [-0.39, 0.29) is 17.9 Å². The molecule has 1 unspecified atom stereocenters. The molecule has 4 nitrogen and oxygen atoms in total. The van der Waals surface area contributed by atoms with E-state index in [1.54, 1.807) is 0 Å². The molecule has 2 aromatic rings. The zero-order chi connectivity index (χ0) is 20.5. The van der Waals surface area contributed by atoms with E-state index in [1.165, 1.54) is 37.8 Å². The number of carbonyl (C=O) groups is 2. The van der Waals surface area contributed by atoms with Gasteiger partial charge < -0.3 is 9.47 Å². The first-order valence-corrected chi connectivity index (χ1v) is 10.0. The normalized spacial score (nSPS) is 11.9. The second kappa shape index (κ2) is 10.6. The van der Waals surface area contributed by atoms with Crippen molar-refractivity contribution in [2.45, 2.75) is 59.3 Å². The minimum Gasteiger partial charge on any atom is -0.427 e. The van der Waals surface area contributed by atoms with Crippen molar-refractivity contribution >= 4 is 11.9 Å². The van der Waals surface area contributed by atoms with Gasteiger partial charge in [-0.25, -0.2) is 0 Å². The maximum atomic E-state index is 11.2. The fourth-order valence-electron chi connectivity index (χ4n) is 3.63. The topological polar surface area (TPSA) is 52.6 Å². The fourth-order valence-corrected chi connectivity index (χ4v) is 3.63. The molecule has 0 heterocycles. The minimum atomic E-state index is -0.320. The summed E-state index contributed by atoms with van der Waals surface area (Å²) < 4.78 is 10.3. The Hall–Kier alpha value is -2.62. The molecule has 0 aromatic heterocycles. The van der Waals surface area contributed by atoms with E-state index in [4.69, 9.17) is 9.47 Å². The van der Waals surface area contributed by atoms with E-state index in [0.29, 0.717) is 17.4 Å². The molecule has 0 radical (unpaired) electrons. The predicted octanol–water partition coefficient (Wildman–Crippen LogP) is 5.89. The standard InChI is InChI=1S/C24H30O4/c1-5-7-8-19(6-2)24(20-9-13-22(14-10-20)27-17(3)25)21-11-15-23(16-12-21)28-18(4)26/h9-16,19,24H,5-8H2,1-4H3. The molecule has 0 amide bonds. The molecular weight excluding hydrogens is 352 g/mol. The van der Waals surface area contributed by atoms with E-state index >= 15 is 0 Å². The zero-order valence-electron chi connectivity index (χ0n) is 17.2. The molecule has 0 N–H and O–H groups in total. The lowest BCUT2D eigenvalue weighted by Crippen LogP contribution is -2.14. The number of carbonyl (C=O) groups excluding carboxylic acids is 2. The molecule has 2 aromatic carbocycles. The van der Waals surface area contributed by atoms with Crippen LogP contribution in [0.25, 0.3) is 0 Å². The molecule has 0 saturated heterocycles. The molecule has 0 bridgehead atoms. The molecule has 1 atom stereocenters. The summed E-state index contributed by atoms with van der Waals surface area (Å²) in [6.45, 7) is 7.25. The molecule has 0 saturated carbocycles. The Balaban J connectivity index is 2.35. The van der Waals surface area contributed by atoms with Gasteiger partial charge in [0.05, 0.1) is 0 Å². The van der Waals surface area contributed by atoms with Crippen LogP contribution in [0.15, 0.2) is 48.5 Å². The average molecular weight is 383 g/mol. The van der Waals surface area contributed by atoms with Crippen LogP contribution in [0.3, 0.4) is 0 Å². The van der Waals surface area contributed by atoms with E-state index in [1.807, 2.05) is 48.5 Å². The lowest BCUT2D eigenvalue weighted by molar-refractivity contribution is -0.132.